The van der Waals surface area contributed by atoms with Crippen molar-refractivity contribution in [1.29, 1.82) is 0 Å². The highest BCUT2D eigenvalue weighted by molar-refractivity contribution is 6.02. The lowest BCUT2D eigenvalue weighted by atomic mass is 9.96. The van der Waals surface area contributed by atoms with Crippen molar-refractivity contribution >= 4 is 23.3 Å². The number of hydrogen-bond donors (Lipinski definition) is 3. The summed E-state index contributed by atoms with van der Waals surface area (Å²) in [5.41, 5.74) is 6.86. The molecule has 1 amide bonds. The Balaban J connectivity index is 2.53. The van der Waals surface area contributed by atoms with E-state index in [1.165, 1.54) is 0 Å². The van der Waals surface area contributed by atoms with Gasteiger partial charge in [-0.1, -0.05) is 13.8 Å². The van der Waals surface area contributed by atoms with Crippen LogP contribution in [0.1, 0.15) is 56.8 Å². The van der Waals surface area contributed by atoms with Crippen LogP contribution in [0.15, 0.2) is 18.2 Å². The highest BCUT2D eigenvalue weighted by atomic mass is 16.5. The molecule has 1 fully saturated rings. The molecule has 1 aromatic rings. The molecule has 0 spiro atoms. The van der Waals surface area contributed by atoms with Crippen molar-refractivity contribution in [1.82, 2.24) is 0 Å². The van der Waals surface area contributed by atoms with Crippen molar-refractivity contribution in [2.24, 2.45) is 5.73 Å². The molecule has 0 bridgehead atoms. The zero-order valence-corrected chi connectivity index (χ0v) is 16.5. The van der Waals surface area contributed by atoms with Crippen molar-refractivity contribution in [2.45, 2.75) is 58.0 Å². The van der Waals surface area contributed by atoms with Gasteiger partial charge in [0.15, 0.2) is 0 Å². The number of carbonyl (C=O) groups excluding carboxylic acids is 2. The molecule has 1 heterocycles. The smallest absolute Gasteiger partial charge is 0.338 e. The van der Waals surface area contributed by atoms with Gasteiger partial charge in [-0.15, -0.1) is 0 Å². The summed E-state index contributed by atoms with van der Waals surface area (Å²) in [6.45, 7) is 6.17. The third-order valence-electron chi connectivity index (χ3n) is 5.30. The van der Waals surface area contributed by atoms with Crippen molar-refractivity contribution in [3.05, 3.63) is 23.8 Å². The quantitative estimate of drug-likeness (QED) is 0.570. The molecule has 27 heavy (non-hydrogen) atoms. The molecule has 1 aliphatic heterocycles. The standard InChI is InChI=1S/C20H31N3O4/c1-4-15(5-2)22-16-11-14(19(26)27-6-3)7-8-17(16)23-18(25)9-10-20(23,12-21)13-24/h7-8,11,15,22,24H,4-6,9-10,12-13,21H2,1-3H3. The second kappa shape index (κ2) is 9.19. The SMILES string of the molecule is CCOC(=O)c1ccc(N2C(=O)CCC2(CN)CO)c(NC(CC)CC)c1. The summed E-state index contributed by atoms with van der Waals surface area (Å²) < 4.78 is 5.10. The molecule has 0 aliphatic carbocycles. The average Bonchev–Trinajstić information content (AvgIpc) is 3.02. The lowest BCUT2D eigenvalue weighted by Crippen LogP contribution is -2.54. The summed E-state index contributed by atoms with van der Waals surface area (Å²) in [6.07, 6.45) is 2.63. The van der Waals surface area contributed by atoms with Gasteiger partial charge in [0.1, 0.15) is 0 Å². The Labute approximate surface area is 160 Å². The Morgan fingerprint density at radius 3 is 2.63 bits per heavy atom. The van der Waals surface area contributed by atoms with E-state index >= 15 is 0 Å². The fourth-order valence-electron chi connectivity index (χ4n) is 3.53. The fourth-order valence-corrected chi connectivity index (χ4v) is 3.53. The first-order valence-electron chi connectivity index (χ1n) is 9.68. The number of nitrogens with zero attached hydrogens (tertiary/aromatic N) is 1. The van der Waals surface area contributed by atoms with Gasteiger partial charge in [0.2, 0.25) is 5.91 Å². The molecule has 1 aliphatic rings. The van der Waals surface area contributed by atoms with E-state index in [0.717, 1.165) is 12.8 Å². The molecule has 1 aromatic carbocycles. The van der Waals surface area contributed by atoms with Crippen LogP contribution >= 0.6 is 0 Å². The number of aliphatic hydroxyl groups excluding tert-OH is 1. The van der Waals surface area contributed by atoms with Crippen LogP contribution in [0.4, 0.5) is 11.4 Å². The van der Waals surface area contributed by atoms with Crippen LogP contribution < -0.4 is 16.0 Å². The predicted molar refractivity (Wildman–Crippen MR) is 106 cm³/mol. The minimum Gasteiger partial charge on any atom is -0.462 e. The maximum Gasteiger partial charge on any atom is 0.338 e. The van der Waals surface area contributed by atoms with Crippen molar-refractivity contribution < 1.29 is 19.4 Å². The molecule has 7 nitrogen and oxygen atoms in total. The van der Waals surface area contributed by atoms with E-state index in [1.54, 1.807) is 30.0 Å². The second-order valence-electron chi connectivity index (χ2n) is 6.93. The number of nitrogens with one attached hydrogen (secondary N) is 1. The molecule has 1 unspecified atom stereocenters. The van der Waals surface area contributed by atoms with Gasteiger partial charge in [-0.05, 0) is 44.4 Å². The number of hydrogen-bond acceptors (Lipinski definition) is 6. The molecule has 0 aromatic heterocycles. The van der Waals surface area contributed by atoms with E-state index in [-0.39, 0.29) is 25.1 Å². The van der Waals surface area contributed by atoms with Crippen molar-refractivity contribution in [3.8, 4) is 0 Å². The number of ether oxygens (including phenoxy) is 1. The Kier molecular flexibility index (Phi) is 7.21. The largest absolute Gasteiger partial charge is 0.462 e. The summed E-state index contributed by atoms with van der Waals surface area (Å²) in [4.78, 5) is 26.4. The molecule has 150 valence electrons. The van der Waals surface area contributed by atoms with E-state index in [1.807, 2.05) is 0 Å². The van der Waals surface area contributed by atoms with Gasteiger partial charge < -0.3 is 25.8 Å². The average molecular weight is 377 g/mol. The molecule has 0 radical (unpaired) electrons. The number of carbonyl (C=O) groups is 2. The molecular weight excluding hydrogens is 346 g/mol. The molecule has 4 N–H and O–H groups in total. The molecule has 7 heteroatoms. The van der Waals surface area contributed by atoms with Crippen molar-refractivity contribution in [2.75, 3.05) is 30.0 Å². The summed E-state index contributed by atoms with van der Waals surface area (Å²) in [5, 5.41) is 13.4. The van der Waals surface area contributed by atoms with Crippen molar-refractivity contribution in [3.63, 3.8) is 0 Å². The minimum absolute atomic E-state index is 0.0778. The molecule has 2 rings (SSSR count). The van der Waals surface area contributed by atoms with E-state index in [4.69, 9.17) is 10.5 Å². The number of rotatable bonds is 9. The van der Waals surface area contributed by atoms with E-state index < -0.39 is 11.5 Å². The van der Waals surface area contributed by atoms with Crippen LogP contribution in [0.3, 0.4) is 0 Å². The molecule has 1 atom stereocenters. The Morgan fingerprint density at radius 2 is 2.07 bits per heavy atom. The van der Waals surface area contributed by atoms with E-state index in [9.17, 15) is 14.7 Å². The number of anilines is 2. The Hall–Kier alpha value is -2.12. The molecule has 0 saturated carbocycles. The fraction of sp³-hybridized carbons (Fsp3) is 0.600. The zero-order chi connectivity index (χ0) is 20.0. The first-order valence-corrected chi connectivity index (χ1v) is 9.68. The van der Waals surface area contributed by atoms with E-state index in [2.05, 4.69) is 19.2 Å². The second-order valence-corrected chi connectivity index (χ2v) is 6.93. The van der Waals surface area contributed by atoms with Gasteiger partial charge in [0.25, 0.3) is 0 Å². The summed E-state index contributed by atoms with van der Waals surface area (Å²) >= 11 is 0. The summed E-state index contributed by atoms with van der Waals surface area (Å²) in [6, 6.07) is 5.30. The van der Waals surface area contributed by atoms with Gasteiger partial charge in [0.05, 0.1) is 35.7 Å². The van der Waals surface area contributed by atoms with Crippen LogP contribution in [-0.4, -0.2) is 48.3 Å². The number of nitrogens with two attached hydrogens (primary N) is 1. The topological polar surface area (TPSA) is 105 Å². The first kappa shape index (κ1) is 21.2. The Morgan fingerprint density at radius 1 is 1.37 bits per heavy atom. The lowest BCUT2D eigenvalue weighted by Gasteiger charge is -2.37. The van der Waals surface area contributed by atoms with Crippen LogP contribution in [0.2, 0.25) is 0 Å². The van der Waals surface area contributed by atoms with E-state index in [0.29, 0.717) is 36.4 Å². The van der Waals surface area contributed by atoms with Crippen LogP contribution in [0.5, 0.6) is 0 Å². The molecular formula is C20H31N3O4. The lowest BCUT2D eigenvalue weighted by molar-refractivity contribution is -0.117. The number of benzene rings is 1. The zero-order valence-electron chi connectivity index (χ0n) is 16.5. The highest BCUT2D eigenvalue weighted by Crippen LogP contribution is 2.39. The third kappa shape index (κ3) is 4.25. The Bertz CT molecular complexity index is 669. The number of aliphatic hydroxyl groups is 1. The van der Waals surface area contributed by atoms with Gasteiger partial charge >= 0.3 is 5.97 Å². The monoisotopic (exact) mass is 377 g/mol. The van der Waals surface area contributed by atoms with Crippen LogP contribution in [0.25, 0.3) is 0 Å². The normalized spacial score (nSPS) is 19.6. The summed E-state index contributed by atoms with van der Waals surface area (Å²) in [7, 11) is 0. The maximum absolute atomic E-state index is 12.6. The van der Waals surface area contributed by atoms with Gasteiger partial charge in [-0.3, -0.25) is 4.79 Å². The molecule has 1 saturated heterocycles. The third-order valence-corrected chi connectivity index (χ3v) is 5.30. The van der Waals surface area contributed by atoms with Crippen LogP contribution in [0, 0.1) is 0 Å². The van der Waals surface area contributed by atoms with Gasteiger partial charge in [-0.25, -0.2) is 4.79 Å². The number of esters is 1. The maximum atomic E-state index is 12.6. The number of amides is 1. The predicted octanol–water partition coefficient (Wildman–Crippen LogP) is 2.28. The highest BCUT2D eigenvalue weighted by Gasteiger charge is 2.45. The summed E-state index contributed by atoms with van der Waals surface area (Å²) in [5.74, 6) is -0.484. The van der Waals surface area contributed by atoms with Gasteiger partial charge in [-0.2, -0.15) is 0 Å². The van der Waals surface area contributed by atoms with Crippen LogP contribution in [-0.2, 0) is 9.53 Å². The van der Waals surface area contributed by atoms with Gasteiger partial charge in [0, 0.05) is 19.0 Å². The minimum atomic E-state index is -0.813. The first-order chi connectivity index (χ1) is 13.0.